The Labute approximate surface area is 176 Å². The molecule has 6 nitrogen and oxygen atoms in total. The number of amides is 1. The molecule has 0 unspecified atom stereocenters. The number of nitrogens with one attached hydrogen (secondary N) is 1. The highest BCUT2D eigenvalue weighted by Gasteiger charge is 2.19. The predicted molar refractivity (Wildman–Crippen MR) is 119 cm³/mol. The average Bonchev–Trinajstić information content (AvgIpc) is 2.79. The van der Waals surface area contributed by atoms with E-state index in [1.54, 1.807) is 36.7 Å². The number of carbonyl (C=O) groups is 1. The van der Waals surface area contributed by atoms with Gasteiger partial charge in [0.2, 0.25) is 0 Å². The summed E-state index contributed by atoms with van der Waals surface area (Å²) >= 11 is 0. The Morgan fingerprint density at radius 1 is 0.967 bits per heavy atom. The number of hydrogen-bond acceptors (Lipinski definition) is 5. The maximum Gasteiger partial charge on any atom is 0.257 e. The zero-order chi connectivity index (χ0) is 20.9. The van der Waals surface area contributed by atoms with Crippen LogP contribution >= 0.6 is 0 Å². The van der Waals surface area contributed by atoms with Crippen LogP contribution in [0.4, 0.5) is 17.1 Å². The molecule has 0 aliphatic carbocycles. The number of carbonyl (C=O) groups excluding carboxylic acids is 1. The van der Waals surface area contributed by atoms with E-state index in [0.717, 1.165) is 31.9 Å². The zero-order valence-corrected chi connectivity index (χ0v) is 16.9. The van der Waals surface area contributed by atoms with E-state index in [1.807, 2.05) is 6.07 Å². The number of nitrogens with zero attached hydrogens (tertiary/aromatic N) is 4. The van der Waals surface area contributed by atoms with Crippen LogP contribution in [0.2, 0.25) is 0 Å². The van der Waals surface area contributed by atoms with Crippen molar-refractivity contribution in [3.63, 3.8) is 0 Å². The van der Waals surface area contributed by atoms with Gasteiger partial charge in [0.05, 0.1) is 29.1 Å². The maximum absolute atomic E-state index is 12.7. The summed E-state index contributed by atoms with van der Waals surface area (Å²) in [6, 6.07) is 19.4. The Morgan fingerprint density at radius 2 is 1.70 bits per heavy atom. The fourth-order valence-corrected chi connectivity index (χ4v) is 3.64. The SMILES string of the molecule is Cc1cccc(N2CCN(c3cncc(C(=O)Nc4cccc(C#N)c4)c3)CC2)c1. The van der Waals surface area contributed by atoms with E-state index in [0.29, 0.717) is 16.8 Å². The molecular weight excluding hydrogens is 374 g/mol. The smallest absolute Gasteiger partial charge is 0.257 e. The van der Waals surface area contributed by atoms with Crippen LogP contribution in [0.1, 0.15) is 21.5 Å². The van der Waals surface area contributed by atoms with Crippen LogP contribution in [-0.4, -0.2) is 37.1 Å². The fourth-order valence-electron chi connectivity index (χ4n) is 3.64. The molecule has 0 spiro atoms. The minimum Gasteiger partial charge on any atom is -0.368 e. The van der Waals surface area contributed by atoms with Crippen LogP contribution in [0, 0.1) is 18.3 Å². The lowest BCUT2D eigenvalue weighted by atomic mass is 10.1. The van der Waals surface area contributed by atoms with Gasteiger partial charge in [0.1, 0.15) is 0 Å². The van der Waals surface area contributed by atoms with Crippen LogP contribution < -0.4 is 15.1 Å². The number of benzene rings is 2. The van der Waals surface area contributed by atoms with Crippen molar-refractivity contribution in [2.45, 2.75) is 6.92 Å². The second-order valence-corrected chi connectivity index (χ2v) is 7.39. The molecule has 30 heavy (non-hydrogen) atoms. The van der Waals surface area contributed by atoms with Crippen LogP contribution in [-0.2, 0) is 0 Å². The van der Waals surface area contributed by atoms with E-state index in [-0.39, 0.29) is 5.91 Å². The summed E-state index contributed by atoms with van der Waals surface area (Å²) in [4.78, 5) is 21.6. The number of hydrogen-bond donors (Lipinski definition) is 1. The first kappa shape index (κ1) is 19.5. The first-order valence-corrected chi connectivity index (χ1v) is 9.95. The van der Waals surface area contributed by atoms with Gasteiger partial charge in [0, 0.05) is 43.8 Å². The van der Waals surface area contributed by atoms with Gasteiger partial charge in [-0.15, -0.1) is 0 Å². The quantitative estimate of drug-likeness (QED) is 0.724. The summed E-state index contributed by atoms with van der Waals surface area (Å²) in [7, 11) is 0. The van der Waals surface area contributed by atoms with Gasteiger partial charge in [-0.3, -0.25) is 9.78 Å². The summed E-state index contributed by atoms with van der Waals surface area (Å²) in [5.74, 6) is -0.238. The highest BCUT2D eigenvalue weighted by molar-refractivity contribution is 6.04. The first-order valence-electron chi connectivity index (χ1n) is 9.95. The molecule has 1 saturated heterocycles. The van der Waals surface area contributed by atoms with Gasteiger partial charge in [-0.1, -0.05) is 18.2 Å². The van der Waals surface area contributed by atoms with Crippen molar-refractivity contribution in [3.8, 4) is 6.07 Å². The van der Waals surface area contributed by atoms with Crippen LogP contribution in [0.25, 0.3) is 0 Å². The molecule has 1 aromatic heterocycles. The summed E-state index contributed by atoms with van der Waals surface area (Å²) in [5.41, 5.74) is 5.05. The molecule has 1 amide bonds. The van der Waals surface area contributed by atoms with E-state index in [4.69, 9.17) is 5.26 Å². The van der Waals surface area contributed by atoms with Crippen molar-refractivity contribution in [1.29, 1.82) is 5.26 Å². The molecule has 0 saturated carbocycles. The van der Waals surface area contributed by atoms with Gasteiger partial charge in [-0.05, 0) is 48.9 Å². The summed E-state index contributed by atoms with van der Waals surface area (Å²) < 4.78 is 0. The van der Waals surface area contributed by atoms with Crippen LogP contribution in [0.5, 0.6) is 0 Å². The van der Waals surface area contributed by atoms with Crippen LogP contribution in [0.15, 0.2) is 67.0 Å². The van der Waals surface area contributed by atoms with Gasteiger partial charge in [0.15, 0.2) is 0 Å². The van der Waals surface area contributed by atoms with Crippen molar-refractivity contribution >= 4 is 23.0 Å². The topological polar surface area (TPSA) is 72.3 Å². The van der Waals surface area contributed by atoms with Gasteiger partial charge < -0.3 is 15.1 Å². The number of aromatic nitrogens is 1. The molecule has 4 rings (SSSR count). The Morgan fingerprint density at radius 3 is 2.43 bits per heavy atom. The van der Waals surface area contributed by atoms with Crippen molar-refractivity contribution in [3.05, 3.63) is 83.7 Å². The number of piperazine rings is 1. The molecule has 1 aliphatic rings. The van der Waals surface area contributed by atoms with Crippen molar-refractivity contribution in [1.82, 2.24) is 4.98 Å². The second-order valence-electron chi connectivity index (χ2n) is 7.39. The van der Waals surface area contributed by atoms with E-state index < -0.39 is 0 Å². The van der Waals surface area contributed by atoms with Crippen LogP contribution in [0.3, 0.4) is 0 Å². The van der Waals surface area contributed by atoms with Crippen molar-refractivity contribution < 1.29 is 4.79 Å². The largest absolute Gasteiger partial charge is 0.368 e. The molecule has 0 radical (unpaired) electrons. The number of pyridine rings is 1. The first-order chi connectivity index (χ1) is 14.6. The molecule has 2 heterocycles. The Bertz CT molecular complexity index is 1100. The van der Waals surface area contributed by atoms with Gasteiger partial charge in [-0.25, -0.2) is 0 Å². The Hall–Kier alpha value is -3.85. The number of anilines is 3. The normalized spacial score (nSPS) is 13.6. The van der Waals surface area contributed by atoms with E-state index in [1.165, 1.54) is 11.3 Å². The summed E-state index contributed by atoms with van der Waals surface area (Å²) in [6.45, 7) is 5.68. The third-order valence-electron chi connectivity index (χ3n) is 5.25. The number of nitriles is 1. The van der Waals surface area contributed by atoms with Gasteiger partial charge in [-0.2, -0.15) is 5.26 Å². The van der Waals surface area contributed by atoms with Gasteiger partial charge in [0.25, 0.3) is 5.91 Å². The van der Waals surface area contributed by atoms with E-state index >= 15 is 0 Å². The molecule has 1 aliphatic heterocycles. The lowest BCUT2D eigenvalue weighted by molar-refractivity contribution is 0.102. The molecular formula is C24H23N5O. The molecule has 1 fully saturated rings. The Balaban J connectivity index is 1.42. The van der Waals surface area contributed by atoms with Crippen molar-refractivity contribution in [2.24, 2.45) is 0 Å². The second kappa shape index (κ2) is 8.66. The molecule has 0 atom stereocenters. The standard InChI is InChI=1S/C24H23N5O/c1-18-4-2-7-22(12-18)28-8-10-29(11-9-28)23-14-20(16-26-17-23)24(30)27-21-6-3-5-19(13-21)15-25/h2-7,12-14,16-17H,8-11H2,1H3,(H,27,30). The number of rotatable bonds is 4. The molecule has 1 N–H and O–H groups in total. The lowest BCUT2D eigenvalue weighted by Crippen LogP contribution is -2.46. The molecule has 6 heteroatoms. The molecule has 2 aromatic carbocycles. The maximum atomic E-state index is 12.7. The molecule has 150 valence electrons. The average molecular weight is 397 g/mol. The Kier molecular flexibility index (Phi) is 5.62. The van der Waals surface area contributed by atoms with E-state index in [2.05, 4.69) is 57.4 Å². The number of aryl methyl sites for hydroxylation is 1. The minimum absolute atomic E-state index is 0.238. The predicted octanol–water partition coefficient (Wildman–Crippen LogP) is 3.84. The fraction of sp³-hybridized carbons (Fsp3) is 0.208. The monoisotopic (exact) mass is 397 g/mol. The molecule has 0 bridgehead atoms. The summed E-state index contributed by atoms with van der Waals surface area (Å²) in [5, 5.41) is 11.9. The van der Waals surface area contributed by atoms with Gasteiger partial charge >= 0.3 is 0 Å². The molecule has 3 aromatic rings. The van der Waals surface area contributed by atoms with E-state index in [9.17, 15) is 4.79 Å². The zero-order valence-electron chi connectivity index (χ0n) is 16.9. The third-order valence-corrected chi connectivity index (χ3v) is 5.25. The highest BCUT2D eigenvalue weighted by Crippen LogP contribution is 2.22. The minimum atomic E-state index is -0.238. The third kappa shape index (κ3) is 4.41. The van der Waals surface area contributed by atoms with Crippen molar-refractivity contribution in [2.75, 3.05) is 41.3 Å². The highest BCUT2D eigenvalue weighted by atomic mass is 16.1. The lowest BCUT2D eigenvalue weighted by Gasteiger charge is -2.37. The summed E-state index contributed by atoms with van der Waals surface area (Å²) in [6.07, 6.45) is 3.37.